The van der Waals surface area contributed by atoms with Crippen LogP contribution in [-0.4, -0.2) is 27.6 Å². The van der Waals surface area contributed by atoms with Crippen LogP contribution in [-0.2, 0) is 0 Å². The Labute approximate surface area is 170 Å². The molecule has 6 heteroatoms. The number of urea groups is 1. The molecule has 1 atom stereocenters. The fourth-order valence-corrected chi connectivity index (χ4v) is 3.58. The monoisotopic (exact) mass is 388 g/mol. The molecule has 1 N–H and O–H groups in total. The summed E-state index contributed by atoms with van der Waals surface area (Å²) in [6, 6.07) is 19.1. The number of unbranched alkanes of at least 4 members (excludes halogenated alkanes) is 1. The molecule has 0 saturated heterocycles. The van der Waals surface area contributed by atoms with Crippen molar-refractivity contribution in [3.05, 3.63) is 77.8 Å². The first kappa shape index (κ1) is 18.9. The van der Waals surface area contributed by atoms with Gasteiger partial charge in [0.05, 0.1) is 11.6 Å². The molecule has 29 heavy (non-hydrogen) atoms. The maximum atomic E-state index is 12.8. The highest BCUT2D eigenvalue weighted by Gasteiger charge is 2.35. The van der Waals surface area contributed by atoms with Crippen molar-refractivity contribution in [3.63, 3.8) is 0 Å². The molecule has 0 bridgehead atoms. The number of hydrogen-bond acceptors (Lipinski definition) is 4. The van der Waals surface area contributed by atoms with Gasteiger partial charge >= 0.3 is 6.03 Å². The number of allylic oxidation sites excluding steroid dienone is 1. The first-order chi connectivity index (χ1) is 14.2. The zero-order chi connectivity index (χ0) is 20.2. The lowest BCUT2D eigenvalue weighted by Crippen LogP contribution is -2.46. The van der Waals surface area contributed by atoms with E-state index in [1.807, 2.05) is 67.6 Å². The quantitative estimate of drug-likeness (QED) is 0.643. The highest BCUT2D eigenvalue weighted by atomic mass is 16.5. The molecular formula is C23H24N4O2. The Morgan fingerprint density at radius 1 is 1.07 bits per heavy atom. The van der Waals surface area contributed by atoms with Crippen LogP contribution in [0.4, 0.5) is 4.79 Å². The molecule has 0 spiro atoms. The molecule has 0 saturated carbocycles. The molecule has 0 unspecified atom stereocenters. The van der Waals surface area contributed by atoms with Gasteiger partial charge in [0.25, 0.3) is 5.89 Å². The molecule has 6 nitrogen and oxygen atoms in total. The van der Waals surface area contributed by atoms with E-state index in [1.165, 1.54) is 0 Å². The van der Waals surface area contributed by atoms with E-state index in [2.05, 4.69) is 22.4 Å². The zero-order valence-electron chi connectivity index (χ0n) is 16.6. The van der Waals surface area contributed by atoms with Gasteiger partial charge < -0.3 is 9.84 Å². The van der Waals surface area contributed by atoms with Crippen molar-refractivity contribution < 1.29 is 9.32 Å². The van der Waals surface area contributed by atoms with Crippen LogP contribution in [0.25, 0.3) is 17.0 Å². The predicted molar refractivity (Wildman–Crippen MR) is 112 cm³/mol. The maximum absolute atomic E-state index is 12.8. The number of nitrogens with zero attached hydrogens (tertiary/aromatic N) is 3. The summed E-state index contributed by atoms with van der Waals surface area (Å²) in [6.07, 6.45) is 1.93. The summed E-state index contributed by atoms with van der Waals surface area (Å²) >= 11 is 0. The van der Waals surface area contributed by atoms with Crippen LogP contribution in [0, 0.1) is 0 Å². The van der Waals surface area contributed by atoms with Crippen LogP contribution in [0.2, 0.25) is 0 Å². The normalized spacial score (nSPS) is 16.8. The first-order valence-electron chi connectivity index (χ1n) is 9.92. The average Bonchev–Trinajstić information content (AvgIpc) is 3.24. The fourth-order valence-electron chi connectivity index (χ4n) is 3.58. The van der Waals surface area contributed by atoms with Gasteiger partial charge in [0.15, 0.2) is 0 Å². The Morgan fingerprint density at radius 3 is 2.45 bits per heavy atom. The minimum atomic E-state index is -0.342. The third-order valence-electron chi connectivity index (χ3n) is 5.15. The van der Waals surface area contributed by atoms with Crippen molar-refractivity contribution >= 4 is 11.6 Å². The second-order valence-corrected chi connectivity index (χ2v) is 7.09. The third kappa shape index (κ3) is 3.78. The number of carbonyl (C=O) groups is 1. The number of nitrogens with one attached hydrogen (secondary N) is 1. The minimum Gasteiger partial charge on any atom is -0.334 e. The van der Waals surface area contributed by atoms with E-state index < -0.39 is 0 Å². The molecule has 0 fully saturated rings. The first-order valence-corrected chi connectivity index (χ1v) is 9.92. The molecule has 2 amide bonds. The van der Waals surface area contributed by atoms with Crippen LogP contribution in [0.3, 0.4) is 0 Å². The molecule has 0 radical (unpaired) electrons. The van der Waals surface area contributed by atoms with Crippen molar-refractivity contribution in [1.29, 1.82) is 0 Å². The Morgan fingerprint density at radius 2 is 1.76 bits per heavy atom. The molecule has 148 valence electrons. The molecule has 0 aliphatic carbocycles. The fraction of sp³-hybridized carbons (Fsp3) is 0.261. The topological polar surface area (TPSA) is 71.3 Å². The van der Waals surface area contributed by atoms with Gasteiger partial charge in [0.1, 0.15) is 0 Å². The minimum absolute atomic E-state index is 0.101. The smallest absolute Gasteiger partial charge is 0.322 e. The van der Waals surface area contributed by atoms with Crippen molar-refractivity contribution in [2.45, 2.75) is 32.7 Å². The van der Waals surface area contributed by atoms with Gasteiger partial charge in [-0.25, -0.2) is 4.79 Å². The van der Waals surface area contributed by atoms with Gasteiger partial charge in [-0.1, -0.05) is 79.2 Å². The summed E-state index contributed by atoms with van der Waals surface area (Å²) in [7, 11) is 0. The Balaban J connectivity index is 1.79. The lowest BCUT2D eigenvalue weighted by Gasteiger charge is -2.35. The Kier molecular flexibility index (Phi) is 5.42. The van der Waals surface area contributed by atoms with Crippen LogP contribution in [0.1, 0.15) is 44.2 Å². The summed E-state index contributed by atoms with van der Waals surface area (Å²) in [4.78, 5) is 19.2. The number of carbonyl (C=O) groups excluding carboxylic acids is 1. The highest BCUT2D eigenvalue weighted by Crippen LogP contribution is 2.37. The summed E-state index contributed by atoms with van der Waals surface area (Å²) in [6.45, 7) is 4.71. The van der Waals surface area contributed by atoms with Gasteiger partial charge in [0.2, 0.25) is 5.82 Å². The van der Waals surface area contributed by atoms with Crippen molar-refractivity contribution in [3.8, 4) is 11.4 Å². The highest BCUT2D eigenvalue weighted by molar-refractivity contribution is 5.86. The van der Waals surface area contributed by atoms with Gasteiger partial charge in [-0.3, -0.25) is 4.90 Å². The third-order valence-corrected chi connectivity index (χ3v) is 5.15. The summed E-state index contributed by atoms with van der Waals surface area (Å²) in [5.41, 5.74) is 3.55. The standard InChI is InChI=1S/C23H24N4O2/c1-3-4-15-27-16(2)19(20(24-23(27)28)17-11-7-5-8-12-17)22-25-21(26-29-22)18-13-9-6-10-14-18/h5-14,20H,3-4,15H2,1-2H3,(H,24,28)/t20-/m0/s1. The van der Waals surface area contributed by atoms with Crippen molar-refractivity contribution in [2.24, 2.45) is 0 Å². The van der Waals surface area contributed by atoms with Crippen molar-refractivity contribution in [2.75, 3.05) is 6.54 Å². The number of amides is 2. The second-order valence-electron chi connectivity index (χ2n) is 7.09. The molecule has 1 aromatic heterocycles. The van der Waals surface area contributed by atoms with E-state index in [1.54, 1.807) is 4.90 Å². The molecule has 4 rings (SSSR count). The lowest BCUT2D eigenvalue weighted by molar-refractivity contribution is 0.204. The molecule has 1 aliphatic heterocycles. The van der Waals surface area contributed by atoms with Gasteiger partial charge in [-0.2, -0.15) is 4.98 Å². The van der Waals surface area contributed by atoms with Crippen molar-refractivity contribution in [1.82, 2.24) is 20.4 Å². The Hall–Kier alpha value is -3.41. The van der Waals surface area contributed by atoms with E-state index >= 15 is 0 Å². The van der Waals surface area contributed by atoms with Crippen LogP contribution < -0.4 is 5.32 Å². The molecular weight excluding hydrogens is 364 g/mol. The summed E-state index contributed by atoms with van der Waals surface area (Å²) in [5.74, 6) is 0.960. The van der Waals surface area contributed by atoms with Gasteiger partial charge in [-0.15, -0.1) is 0 Å². The van der Waals surface area contributed by atoms with Crippen LogP contribution in [0.5, 0.6) is 0 Å². The van der Waals surface area contributed by atoms with E-state index in [4.69, 9.17) is 4.52 Å². The zero-order valence-corrected chi connectivity index (χ0v) is 16.6. The summed E-state index contributed by atoms with van der Waals surface area (Å²) in [5, 5.41) is 7.30. The lowest BCUT2D eigenvalue weighted by atomic mass is 9.94. The largest absolute Gasteiger partial charge is 0.334 e. The SMILES string of the molecule is CCCCN1C(=O)N[C@@H](c2ccccc2)C(c2nc(-c3ccccc3)no2)=C1C. The summed E-state index contributed by atoms with van der Waals surface area (Å²) < 4.78 is 5.67. The molecule has 3 aromatic rings. The van der Waals surface area contributed by atoms with E-state index in [0.29, 0.717) is 18.3 Å². The van der Waals surface area contributed by atoms with Crippen LogP contribution in [0.15, 0.2) is 70.9 Å². The van der Waals surface area contributed by atoms with E-state index in [-0.39, 0.29) is 12.1 Å². The number of rotatable bonds is 6. The Bertz CT molecular complexity index is 1010. The van der Waals surface area contributed by atoms with Gasteiger partial charge in [-0.05, 0) is 18.9 Å². The molecule has 2 aromatic carbocycles. The number of benzene rings is 2. The number of aromatic nitrogens is 2. The predicted octanol–water partition coefficient (Wildman–Crippen LogP) is 5.03. The van der Waals surface area contributed by atoms with E-state index in [0.717, 1.165) is 35.2 Å². The van der Waals surface area contributed by atoms with Crippen LogP contribution >= 0.6 is 0 Å². The maximum Gasteiger partial charge on any atom is 0.322 e. The molecule has 1 aliphatic rings. The number of hydrogen-bond donors (Lipinski definition) is 1. The average molecular weight is 388 g/mol. The molecule has 2 heterocycles. The second kappa shape index (κ2) is 8.31. The van der Waals surface area contributed by atoms with E-state index in [9.17, 15) is 4.79 Å². The van der Waals surface area contributed by atoms with Gasteiger partial charge in [0, 0.05) is 17.8 Å².